The number of amides is 1. The first kappa shape index (κ1) is 21.5. The lowest BCUT2D eigenvalue weighted by molar-refractivity contribution is -0.116. The third-order valence-electron chi connectivity index (χ3n) is 5.02. The van der Waals surface area contributed by atoms with Gasteiger partial charge in [0, 0.05) is 22.6 Å². The number of hydrogen-bond acceptors (Lipinski definition) is 4. The van der Waals surface area contributed by atoms with Crippen LogP contribution in [0.1, 0.15) is 11.1 Å². The maximum atomic E-state index is 13.1. The van der Waals surface area contributed by atoms with Crippen LogP contribution in [0.5, 0.6) is 0 Å². The van der Waals surface area contributed by atoms with Gasteiger partial charge >= 0.3 is 5.69 Å². The van der Waals surface area contributed by atoms with Gasteiger partial charge in [0.15, 0.2) is 0 Å². The summed E-state index contributed by atoms with van der Waals surface area (Å²) in [7, 11) is 0. The summed E-state index contributed by atoms with van der Waals surface area (Å²) in [6.45, 7) is 2.04. The lowest BCUT2D eigenvalue weighted by Gasteiger charge is -2.14. The van der Waals surface area contributed by atoms with Crippen LogP contribution in [0.4, 0.5) is 15.9 Å². The van der Waals surface area contributed by atoms with Crippen molar-refractivity contribution in [3.05, 3.63) is 99.2 Å². The molecule has 1 amide bonds. The van der Waals surface area contributed by atoms with Crippen LogP contribution in [0.3, 0.4) is 0 Å². The van der Waals surface area contributed by atoms with Crippen LogP contribution >= 0.6 is 11.6 Å². The molecular weight excluding hydrogens is 431 g/mol. The number of aromatic nitrogens is 2. The Morgan fingerprint density at radius 1 is 1.09 bits per heavy atom. The molecule has 32 heavy (non-hydrogen) atoms. The van der Waals surface area contributed by atoms with Gasteiger partial charge in [0.05, 0.1) is 5.52 Å². The minimum atomic E-state index is -0.553. The largest absolute Gasteiger partial charge is 0.365 e. The van der Waals surface area contributed by atoms with Gasteiger partial charge in [-0.15, -0.1) is 0 Å². The van der Waals surface area contributed by atoms with E-state index >= 15 is 0 Å². The second-order valence-electron chi connectivity index (χ2n) is 7.34. The van der Waals surface area contributed by atoms with E-state index in [1.165, 1.54) is 16.7 Å². The zero-order valence-electron chi connectivity index (χ0n) is 17.2. The molecular formula is C24H20ClFN4O2. The zero-order chi connectivity index (χ0) is 22.7. The molecule has 0 saturated heterocycles. The monoisotopic (exact) mass is 450 g/mol. The second-order valence-corrected chi connectivity index (χ2v) is 7.75. The predicted octanol–water partition coefficient (Wildman–Crippen LogP) is 4.75. The molecule has 0 radical (unpaired) electrons. The number of halogens is 2. The summed E-state index contributed by atoms with van der Waals surface area (Å²) < 4.78 is 14.4. The molecule has 0 aliphatic heterocycles. The summed E-state index contributed by atoms with van der Waals surface area (Å²) in [5.41, 5.74) is 2.32. The molecule has 4 rings (SSSR count). The van der Waals surface area contributed by atoms with E-state index in [1.807, 2.05) is 25.1 Å². The number of anilines is 2. The van der Waals surface area contributed by atoms with E-state index in [-0.39, 0.29) is 18.3 Å². The van der Waals surface area contributed by atoms with Gasteiger partial charge in [0.25, 0.3) is 0 Å². The first-order valence-electron chi connectivity index (χ1n) is 9.94. The number of fused-ring (bicyclic) bond motifs is 1. The van der Waals surface area contributed by atoms with Crippen LogP contribution in [0.2, 0.25) is 5.02 Å². The third-order valence-corrected chi connectivity index (χ3v) is 5.43. The first-order chi connectivity index (χ1) is 15.4. The number of benzene rings is 3. The number of hydrogen-bond donors (Lipinski definition) is 2. The van der Waals surface area contributed by atoms with Crippen LogP contribution in [0, 0.1) is 12.7 Å². The molecule has 4 aromatic rings. The fourth-order valence-electron chi connectivity index (χ4n) is 3.32. The molecule has 0 aliphatic carbocycles. The normalized spacial score (nSPS) is 10.8. The molecule has 6 nitrogen and oxygen atoms in total. The molecule has 0 atom stereocenters. The quantitative estimate of drug-likeness (QED) is 0.444. The number of para-hydroxylation sites is 1. The zero-order valence-corrected chi connectivity index (χ0v) is 18.0. The highest BCUT2D eigenvalue weighted by Gasteiger charge is 2.13. The van der Waals surface area contributed by atoms with Crippen molar-refractivity contribution < 1.29 is 9.18 Å². The Balaban J connectivity index is 1.58. The highest BCUT2D eigenvalue weighted by molar-refractivity contribution is 6.31. The van der Waals surface area contributed by atoms with Crippen molar-refractivity contribution in [2.45, 2.75) is 20.0 Å². The van der Waals surface area contributed by atoms with Gasteiger partial charge < -0.3 is 10.6 Å². The molecule has 162 valence electrons. The number of carbonyl (C=O) groups excluding carboxylic acids is 1. The molecule has 3 aromatic carbocycles. The van der Waals surface area contributed by atoms with Crippen molar-refractivity contribution in [2.75, 3.05) is 10.6 Å². The van der Waals surface area contributed by atoms with Gasteiger partial charge in [-0.05, 0) is 54.4 Å². The lowest BCUT2D eigenvalue weighted by atomic mass is 10.2. The molecule has 8 heteroatoms. The van der Waals surface area contributed by atoms with Crippen molar-refractivity contribution in [2.24, 2.45) is 0 Å². The molecule has 0 bridgehead atoms. The molecule has 0 fully saturated rings. The minimum Gasteiger partial charge on any atom is -0.365 e. The highest BCUT2D eigenvalue weighted by atomic mass is 35.5. The van der Waals surface area contributed by atoms with Crippen LogP contribution in [0.25, 0.3) is 10.9 Å². The minimum absolute atomic E-state index is 0.198. The van der Waals surface area contributed by atoms with Crippen molar-refractivity contribution in [1.29, 1.82) is 0 Å². The van der Waals surface area contributed by atoms with Gasteiger partial charge in [-0.3, -0.25) is 9.36 Å². The molecule has 0 aliphatic rings. The fraction of sp³-hybridized carbons (Fsp3) is 0.125. The standard InChI is InChI=1S/C24H20ClFN4O2/c1-15-6-11-18(12-20(15)25)28-22(31)14-30-21-5-3-2-4-19(21)23(29-24(30)32)27-13-16-7-9-17(26)10-8-16/h2-12H,13-14H2,1H3,(H,28,31)(H,27,29,32). The highest BCUT2D eigenvalue weighted by Crippen LogP contribution is 2.22. The van der Waals surface area contributed by atoms with E-state index in [0.717, 1.165) is 11.1 Å². The second kappa shape index (κ2) is 9.20. The van der Waals surface area contributed by atoms with E-state index in [0.29, 0.717) is 34.0 Å². The Kier molecular flexibility index (Phi) is 6.18. The van der Waals surface area contributed by atoms with Gasteiger partial charge in [-0.1, -0.05) is 41.9 Å². The van der Waals surface area contributed by atoms with E-state index in [1.54, 1.807) is 36.4 Å². The SMILES string of the molecule is Cc1ccc(NC(=O)Cn2c(=O)nc(NCc3ccc(F)cc3)c3ccccc32)cc1Cl. The lowest BCUT2D eigenvalue weighted by Crippen LogP contribution is -2.30. The summed E-state index contributed by atoms with van der Waals surface area (Å²) in [6.07, 6.45) is 0. The van der Waals surface area contributed by atoms with Crippen molar-refractivity contribution in [3.8, 4) is 0 Å². The van der Waals surface area contributed by atoms with Crippen LogP contribution in [-0.4, -0.2) is 15.5 Å². The van der Waals surface area contributed by atoms with E-state index in [4.69, 9.17) is 11.6 Å². The van der Waals surface area contributed by atoms with Crippen molar-refractivity contribution >= 4 is 39.9 Å². The van der Waals surface area contributed by atoms with Crippen molar-refractivity contribution in [3.63, 3.8) is 0 Å². The number of aryl methyl sites for hydroxylation is 1. The Morgan fingerprint density at radius 3 is 2.59 bits per heavy atom. The number of rotatable bonds is 6. The number of nitrogens with zero attached hydrogens (tertiary/aromatic N) is 2. The average molecular weight is 451 g/mol. The predicted molar refractivity (Wildman–Crippen MR) is 125 cm³/mol. The topological polar surface area (TPSA) is 76.0 Å². The van der Waals surface area contributed by atoms with Gasteiger partial charge in [-0.25, -0.2) is 9.18 Å². The van der Waals surface area contributed by atoms with Crippen LogP contribution in [-0.2, 0) is 17.9 Å². The van der Waals surface area contributed by atoms with Crippen molar-refractivity contribution in [1.82, 2.24) is 9.55 Å². The van der Waals surface area contributed by atoms with Crippen LogP contribution in [0.15, 0.2) is 71.5 Å². The van der Waals surface area contributed by atoms with Crippen LogP contribution < -0.4 is 16.3 Å². The van der Waals surface area contributed by atoms with Gasteiger partial charge in [-0.2, -0.15) is 4.98 Å². The Bertz CT molecular complexity index is 1350. The molecule has 2 N–H and O–H groups in total. The Labute approximate surface area is 188 Å². The Morgan fingerprint density at radius 2 is 1.84 bits per heavy atom. The Hall–Kier alpha value is -3.71. The molecule has 0 spiro atoms. The summed E-state index contributed by atoms with van der Waals surface area (Å²) in [4.78, 5) is 29.5. The molecule has 1 aromatic heterocycles. The number of carbonyl (C=O) groups is 1. The van der Waals surface area contributed by atoms with E-state index < -0.39 is 5.69 Å². The third kappa shape index (κ3) is 4.78. The first-order valence-corrected chi connectivity index (χ1v) is 10.3. The maximum Gasteiger partial charge on any atom is 0.350 e. The molecule has 0 unspecified atom stereocenters. The average Bonchev–Trinajstić information content (AvgIpc) is 2.78. The molecule has 1 heterocycles. The summed E-state index contributed by atoms with van der Waals surface area (Å²) in [6, 6.07) is 18.5. The van der Waals surface area contributed by atoms with E-state index in [9.17, 15) is 14.0 Å². The smallest absolute Gasteiger partial charge is 0.350 e. The fourth-order valence-corrected chi connectivity index (χ4v) is 3.50. The molecule has 0 saturated carbocycles. The van der Waals surface area contributed by atoms with Gasteiger partial charge in [0.1, 0.15) is 18.2 Å². The summed E-state index contributed by atoms with van der Waals surface area (Å²) in [5, 5.41) is 7.13. The number of nitrogens with one attached hydrogen (secondary N) is 2. The maximum absolute atomic E-state index is 13.1. The summed E-state index contributed by atoms with van der Waals surface area (Å²) >= 11 is 6.12. The summed E-state index contributed by atoms with van der Waals surface area (Å²) in [5.74, 6) is -0.283. The van der Waals surface area contributed by atoms with Gasteiger partial charge in [0.2, 0.25) is 5.91 Å². The van der Waals surface area contributed by atoms with E-state index in [2.05, 4.69) is 15.6 Å².